The molecule has 0 bridgehead atoms. The minimum atomic E-state index is -1.04. The molecule has 1 amide bonds. The van der Waals surface area contributed by atoms with E-state index >= 15 is 0 Å². The third kappa shape index (κ3) is 7.26. The van der Waals surface area contributed by atoms with Crippen LogP contribution in [0.5, 0.6) is 0 Å². The van der Waals surface area contributed by atoms with E-state index in [1.54, 1.807) is 32.0 Å². The number of ketones is 1. The number of benzene rings is 2. The number of Topliss-reactive ketones (excluding diaryl/α,β-unsaturated/α-hetero) is 1. The van der Waals surface area contributed by atoms with Gasteiger partial charge in [0.15, 0.2) is 5.78 Å². The summed E-state index contributed by atoms with van der Waals surface area (Å²) in [5.74, 6) is -1.57. The predicted molar refractivity (Wildman–Crippen MR) is 142 cm³/mol. The Kier molecular flexibility index (Phi) is 9.77. The third-order valence-electron chi connectivity index (χ3n) is 6.12. The van der Waals surface area contributed by atoms with Crippen LogP contribution in [0.15, 0.2) is 48.5 Å². The Morgan fingerprint density at radius 2 is 1.87 bits per heavy atom. The first-order valence-electron chi connectivity index (χ1n) is 12.1. The Bertz CT molecular complexity index is 1290. The van der Waals surface area contributed by atoms with Crippen LogP contribution >= 0.6 is 11.6 Å². The molecule has 0 aliphatic rings. The highest BCUT2D eigenvalue weighted by Crippen LogP contribution is 2.29. The number of hydrogen-bond donors (Lipinski definition) is 2. The summed E-state index contributed by atoms with van der Waals surface area (Å²) in [6.07, 6.45) is 0.570. The fourth-order valence-corrected chi connectivity index (χ4v) is 4.42. The molecule has 0 aliphatic heterocycles. The lowest BCUT2D eigenvalue weighted by Gasteiger charge is -2.31. The molecule has 0 radical (unpaired) electrons. The fourth-order valence-electron chi connectivity index (χ4n) is 4.25. The van der Waals surface area contributed by atoms with E-state index in [9.17, 15) is 18.8 Å². The maximum Gasteiger partial charge on any atom is 0.314 e. The molecule has 38 heavy (non-hydrogen) atoms. The number of carbonyl (C=O) groups excluding carboxylic acids is 3. The normalized spacial score (nSPS) is 13.4. The standard InChI is InChI=1S/C28H31ClFN3O5/c1-5-38-27(36)28(3,16-37-4)15-21(31-26(35)25-14-24(17(2)34)32-33-25)12-18-6-8-19(9-7-18)22-13-20(29)10-11-23(22)30/h6-11,13-14,21H,5,12,15-16H2,1-4H3,(H,31,35)(H,32,33). The molecule has 1 aromatic heterocycles. The summed E-state index contributed by atoms with van der Waals surface area (Å²) in [6, 6.07) is 12.4. The van der Waals surface area contributed by atoms with Gasteiger partial charge in [0.25, 0.3) is 5.91 Å². The summed E-state index contributed by atoms with van der Waals surface area (Å²) in [7, 11) is 1.49. The van der Waals surface area contributed by atoms with Crippen molar-refractivity contribution < 1.29 is 28.2 Å². The van der Waals surface area contributed by atoms with E-state index < -0.39 is 23.3 Å². The van der Waals surface area contributed by atoms with Crippen molar-refractivity contribution in [2.45, 2.75) is 39.7 Å². The Morgan fingerprint density at radius 1 is 1.16 bits per heavy atom. The molecule has 0 saturated heterocycles. The number of nitrogens with zero attached hydrogens (tertiary/aromatic N) is 1. The van der Waals surface area contributed by atoms with Gasteiger partial charge >= 0.3 is 5.97 Å². The minimum Gasteiger partial charge on any atom is -0.466 e. The van der Waals surface area contributed by atoms with Crippen LogP contribution in [-0.4, -0.2) is 54.2 Å². The molecule has 3 rings (SSSR count). The maximum atomic E-state index is 14.3. The fraction of sp³-hybridized carbons (Fsp3) is 0.357. The number of halogens is 2. The highest BCUT2D eigenvalue weighted by atomic mass is 35.5. The second kappa shape index (κ2) is 12.8. The predicted octanol–water partition coefficient (Wildman–Crippen LogP) is 5.02. The van der Waals surface area contributed by atoms with Crippen molar-refractivity contribution in [1.29, 1.82) is 0 Å². The van der Waals surface area contributed by atoms with Crippen LogP contribution in [0, 0.1) is 11.2 Å². The van der Waals surface area contributed by atoms with E-state index in [1.165, 1.54) is 32.2 Å². The maximum absolute atomic E-state index is 14.3. The molecule has 202 valence electrons. The second-order valence-electron chi connectivity index (χ2n) is 9.34. The Morgan fingerprint density at radius 3 is 2.47 bits per heavy atom. The lowest BCUT2D eigenvalue weighted by molar-refractivity contribution is -0.158. The highest BCUT2D eigenvalue weighted by Gasteiger charge is 2.38. The first-order chi connectivity index (χ1) is 18.1. The van der Waals surface area contributed by atoms with Crippen LogP contribution < -0.4 is 5.32 Å². The van der Waals surface area contributed by atoms with Gasteiger partial charge in [-0.25, -0.2) is 4.39 Å². The quantitative estimate of drug-likeness (QED) is 0.245. The van der Waals surface area contributed by atoms with Gasteiger partial charge < -0.3 is 14.8 Å². The number of nitrogens with one attached hydrogen (secondary N) is 2. The molecule has 0 fully saturated rings. The summed E-state index contributed by atoms with van der Waals surface area (Å²) in [5, 5.41) is 9.82. The SMILES string of the molecule is CCOC(=O)C(C)(COC)CC(Cc1ccc(-c2cc(Cl)ccc2F)cc1)NC(=O)c1cc(C(C)=O)n[nH]1. The van der Waals surface area contributed by atoms with Gasteiger partial charge in [-0.3, -0.25) is 19.5 Å². The number of carbonyl (C=O) groups is 3. The van der Waals surface area contributed by atoms with Crippen LogP contribution in [0.25, 0.3) is 11.1 Å². The zero-order valence-corrected chi connectivity index (χ0v) is 22.5. The molecule has 3 aromatic rings. The van der Waals surface area contributed by atoms with Crippen molar-refractivity contribution >= 4 is 29.3 Å². The molecule has 0 spiro atoms. The van der Waals surface area contributed by atoms with Gasteiger partial charge in [-0.1, -0.05) is 35.9 Å². The van der Waals surface area contributed by atoms with E-state index in [0.717, 1.165) is 5.56 Å². The molecule has 8 nitrogen and oxygen atoms in total. The lowest BCUT2D eigenvalue weighted by atomic mass is 9.82. The number of hydrogen-bond acceptors (Lipinski definition) is 6. The van der Waals surface area contributed by atoms with Crippen molar-refractivity contribution in [3.63, 3.8) is 0 Å². The third-order valence-corrected chi connectivity index (χ3v) is 6.36. The number of ether oxygens (including phenoxy) is 2. The van der Waals surface area contributed by atoms with Crippen molar-refractivity contribution in [2.24, 2.45) is 5.41 Å². The molecule has 2 atom stereocenters. The first kappa shape index (κ1) is 29.0. The minimum absolute atomic E-state index is 0.0870. The number of amides is 1. The van der Waals surface area contributed by atoms with E-state index in [-0.39, 0.29) is 42.6 Å². The number of aromatic nitrogens is 2. The van der Waals surface area contributed by atoms with Crippen LogP contribution in [-0.2, 0) is 20.7 Å². The highest BCUT2D eigenvalue weighted by molar-refractivity contribution is 6.30. The Labute approximate surface area is 225 Å². The molecule has 2 unspecified atom stereocenters. The van der Waals surface area contributed by atoms with Gasteiger partial charge in [0.2, 0.25) is 0 Å². The Hall–Kier alpha value is -3.56. The van der Waals surface area contributed by atoms with Crippen molar-refractivity contribution in [3.05, 3.63) is 76.3 Å². The van der Waals surface area contributed by atoms with E-state index in [0.29, 0.717) is 22.6 Å². The monoisotopic (exact) mass is 543 g/mol. The van der Waals surface area contributed by atoms with Gasteiger partial charge in [-0.15, -0.1) is 0 Å². The van der Waals surface area contributed by atoms with Crippen molar-refractivity contribution in [2.75, 3.05) is 20.3 Å². The summed E-state index contributed by atoms with van der Waals surface area (Å²) in [4.78, 5) is 37.5. The summed E-state index contributed by atoms with van der Waals surface area (Å²) >= 11 is 6.04. The average molecular weight is 544 g/mol. The van der Waals surface area contributed by atoms with Gasteiger partial charge in [0.1, 0.15) is 17.2 Å². The molecule has 2 aromatic carbocycles. The molecular weight excluding hydrogens is 513 g/mol. The number of aromatic amines is 1. The van der Waals surface area contributed by atoms with Gasteiger partial charge in [-0.2, -0.15) is 5.10 Å². The Balaban J connectivity index is 1.87. The largest absolute Gasteiger partial charge is 0.466 e. The van der Waals surface area contributed by atoms with Crippen LogP contribution in [0.2, 0.25) is 5.02 Å². The molecule has 10 heteroatoms. The number of esters is 1. The van der Waals surface area contributed by atoms with Crippen molar-refractivity contribution in [1.82, 2.24) is 15.5 Å². The first-order valence-corrected chi connectivity index (χ1v) is 12.5. The topological polar surface area (TPSA) is 110 Å². The molecule has 2 N–H and O–H groups in total. The molecule has 0 saturated carbocycles. The lowest BCUT2D eigenvalue weighted by Crippen LogP contribution is -2.45. The number of methoxy groups -OCH3 is 1. The van der Waals surface area contributed by atoms with E-state index in [2.05, 4.69) is 15.5 Å². The second-order valence-corrected chi connectivity index (χ2v) is 9.77. The molecular formula is C28H31ClFN3O5. The van der Waals surface area contributed by atoms with E-state index in [4.69, 9.17) is 21.1 Å². The van der Waals surface area contributed by atoms with Crippen LogP contribution in [0.1, 0.15) is 53.7 Å². The zero-order valence-electron chi connectivity index (χ0n) is 21.8. The van der Waals surface area contributed by atoms with Crippen molar-refractivity contribution in [3.8, 4) is 11.1 Å². The average Bonchev–Trinajstić information content (AvgIpc) is 3.37. The van der Waals surface area contributed by atoms with Gasteiger partial charge in [-0.05, 0) is 62.1 Å². The zero-order chi connectivity index (χ0) is 27.9. The number of rotatable bonds is 12. The number of H-pyrrole nitrogens is 1. The molecule has 0 aliphatic carbocycles. The van der Waals surface area contributed by atoms with E-state index in [1.807, 2.05) is 12.1 Å². The van der Waals surface area contributed by atoms with Gasteiger partial charge in [0, 0.05) is 30.7 Å². The molecule has 1 heterocycles. The van der Waals surface area contributed by atoms with Crippen LogP contribution in [0.4, 0.5) is 4.39 Å². The van der Waals surface area contributed by atoms with Crippen LogP contribution in [0.3, 0.4) is 0 Å². The summed E-state index contributed by atoms with van der Waals surface area (Å²) in [5.41, 5.74) is 1.11. The summed E-state index contributed by atoms with van der Waals surface area (Å²) < 4.78 is 24.9. The van der Waals surface area contributed by atoms with Gasteiger partial charge in [0.05, 0.1) is 18.6 Å². The smallest absolute Gasteiger partial charge is 0.314 e. The summed E-state index contributed by atoms with van der Waals surface area (Å²) in [6.45, 7) is 5.10.